The standard InChI is InChI=1S/C13H8F3N3OS/c14-13(15,16)8-4-7(5-9(17)6-8)12-18-11(19-20-12)10-2-1-3-21-10/h1-6H,17H2. The molecule has 0 atom stereocenters. The van der Waals surface area contributed by atoms with Gasteiger partial charge in [0.2, 0.25) is 5.82 Å². The van der Waals surface area contributed by atoms with Crippen LogP contribution in [0.2, 0.25) is 0 Å². The lowest BCUT2D eigenvalue weighted by atomic mass is 10.1. The first-order valence-corrected chi connectivity index (χ1v) is 6.67. The summed E-state index contributed by atoms with van der Waals surface area (Å²) in [4.78, 5) is 4.87. The van der Waals surface area contributed by atoms with Gasteiger partial charge in [0.05, 0.1) is 10.4 Å². The van der Waals surface area contributed by atoms with Crippen molar-refractivity contribution in [2.45, 2.75) is 6.18 Å². The molecule has 0 saturated carbocycles. The Hall–Kier alpha value is -2.35. The van der Waals surface area contributed by atoms with Crippen molar-refractivity contribution < 1.29 is 17.7 Å². The number of aromatic nitrogens is 2. The van der Waals surface area contributed by atoms with Crippen LogP contribution in [0.15, 0.2) is 40.2 Å². The fourth-order valence-corrected chi connectivity index (χ4v) is 2.43. The number of rotatable bonds is 2. The summed E-state index contributed by atoms with van der Waals surface area (Å²) >= 11 is 1.41. The number of alkyl halides is 3. The molecule has 8 heteroatoms. The molecule has 0 radical (unpaired) electrons. The minimum atomic E-state index is -4.49. The molecule has 0 fully saturated rings. The molecular formula is C13H8F3N3OS. The van der Waals surface area contributed by atoms with Crippen molar-refractivity contribution in [1.82, 2.24) is 10.1 Å². The first kappa shape index (κ1) is 13.6. The number of anilines is 1. The van der Waals surface area contributed by atoms with Crippen LogP contribution in [0, 0.1) is 0 Å². The van der Waals surface area contributed by atoms with Crippen LogP contribution in [-0.4, -0.2) is 10.1 Å². The predicted molar refractivity (Wildman–Crippen MR) is 72.5 cm³/mol. The molecule has 2 aromatic heterocycles. The highest BCUT2D eigenvalue weighted by Crippen LogP contribution is 2.34. The second kappa shape index (κ2) is 4.88. The Labute approximate surface area is 121 Å². The van der Waals surface area contributed by atoms with E-state index in [0.717, 1.165) is 17.0 Å². The van der Waals surface area contributed by atoms with E-state index in [-0.39, 0.29) is 17.1 Å². The first-order chi connectivity index (χ1) is 9.93. The van der Waals surface area contributed by atoms with Gasteiger partial charge in [0, 0.05) is 11.3 Å². The Morgan fingerprint density at radius 3 is 2.67 bits per heavy atom. The zero-order chi connectivity index (χ0) is 15.0. The Bertz CT molecular complexity index is 765. The monoisotopic (exact) mass is 311 g/mol. The third-order valence-corrected chi connectivity index (χ3v) is 3.56. The van der Waals surface area contributed by atoms with Crippen LogP contribution in [0.4, 0.5) is 18.9 Å². The highest BCUT2D eigenvalue weighted by molar-refractivity contribution is 7.13. The zero-order valence-corrected chi connectivity index (χ0v) is 11.2. The van der Waals surface area contributed by atoms with E-state index >= 15 is 0 Å². The SMILES string of the molecule is Nc1cc(-c2nc(-c3cccs3)no2)cc(C(F)(F)F)c1. The van der Waals surface area contributed by atoms with Crippen LogP contribution < -0.4 is 5.73 Å². The summed E-state index contributed by atoms with van der Waals surface area (Å²) in [5.41, 5.74) is 4.77. The number of halogens is 3. The van der Waals surface area contributed by atoms with Crippen molar-refractivity contribution in [1.29, 1.82) is 0 Å². The molecule has 0 aliphatic heterocycles. The molecule has 0 bridgehead atoms. The van der Waals surface area contributed by atoms with E-state index in [0.29, 0.717) is 5.82 Å². The molecule has 0 aliphatic carbocycles. The molecular weight excluding hydrogens is 303 g/mol. The first-order valence-electron chi connectivity index (χ1n) is 5.79. The zero-order valence-electron chi connectivity index (χ0n) is 10.4. The Balaban J connectivity index is 2.03. The van der Waals surface area contributed by atoms with E-state index in [4.69, 9.17) is 10.3 Å². The molecule has 0 amide bonds. The van der Waals surface area contributed by atoms with Crippen LogP contribution in [0.5, 0.6) is 0 Å². The number of nitrogen functional groups attached to an aromatic ring is 1. The minimum Gasteiger partial charge on any atom is -0.399 e. The fraction of sp³-hybridized carbons (Fsp3) is 0.0769. The molecule has 21 heavy (non-hydrogen) atoms. The Kier molecular flexibility index (Phi) is 3.17. The van der Waals surface area contributed by atoms with Gasteiger partial charge in [-0.1, -0.05) is 11.2 Å². The Morgan fingerprint density at radius 2 is 2.00 bits per heavy atom. The van der Waals surface area contributed by atoms with Gasteiger partial charge >= 0.3 is 6.18 Å². The molecule has 4 nitrogen and oxygen atoms in total. The molecule has 3 aromatic rings. The van der Waals surface area contributed by atoms with E-state index in [1.807, 2.05) is 11.4 Å². The summed E-state index contributed by atoms with van der Waals surface area (Å²) < 4.78 is 43.3. The quantitative estimate of drug-likeness (QED) is 0.725. The summed E-state index contributed by atoms with van der Waals surface area (Å²) in [5.74, 6) is 0.326. The van der Waals surface area contributed by atoms with Gasteiger partial charge in [-0.15, -0.1) is 11.3 Å². The van der Waals surface area contributed by atoms with Crippen LogP contribution in [0.1, 0.15) is 5.56 Å². The van der Waals surface area contributed by atoms with E-state index < -0.39 is 11.7 Å². The van der Waals surface area contributed by atoms with Crippen LogP contribution in [0.3, 0.4) is 0 Å². The summed E-state index contributed by atoms with van der Waals surface area (Å²) in [6.07, 6.45) is -4.49. The molecule has 2 N–H and O–H groups in total. The molecule has 1 aromatic carbocycles. The fourth-order valence-electron chi connectivity index (χ4n) is 1.79. The van der Waals surface area contributed by atoms with Gasteiger partial charge < -0.3 is 10.3 Å². The van der Waals surface area contributed by atoms with Crippen molar-refractivity contribution in [3.63, 3.8) is 0 Å². The van der Waals surface area contributed by atoms with Crippen molar-refractivity contribution in [3.05, 3.63) is 41.3 Å². The third kappa shape index (κ3) is 2.75. The van der Waals surface area contributed by atoms with Gasteiger partial charge in [0.15, 0.2) is 0 Å². The average molecular weight is 311 g/mol. The van der Waals surface area contributed by atoms with Crippen LogP contribution in [0.25, 0.3) is 22.2 Å². The van der Waals surface area contributed by atoms with Crippen molar-refractivity contribution >= 4 is 17.0 Å². The number of hydrogen-bond acceptors (Lipinski definition) is 5. The second-order valence-corrected chi connectivity index (χ2v) is 5.19. The molecule has 108 valence electrons. The number of nitrogens with two attached hydrogens (primary N) is 1. The lowest BCUT2D eigenvalue weighted by Gasteiger charge is -2.08. The predicted octanol–water partition coefficient (Wildman–Crippen LogP) is 4.07. The summed E-state index contributed by atoms with van der Waals surface area (Å²) in [7, 11) is 0. The molecule has 0 aliphatic rings. The average Bonchev–Trinajstić information content (AvgIpc) is 3.08. The molecule has 0 spiro atoms. The summed E-state index contributed by atoms with van der Waals surface area (Å²) in [6.45, 7) is 0. The van der Waals surface area contributed by atoms with E-state index in [1.54, 1.807) is 6.07 Å². The highest BCUT2D eigenvalue weighted by Gasteiger charge is 2.31. The van der Waals surface area contributed by atoms with Gasteiger partial charge in [0.25, 0.3) is 5.89 Å². The number of hydrogen-bond donors (Lipinski definition) is 1. The summed E-state index contributed by atoms with van der Waals surface area (Å²) in [6, 6.07) is 6.77. The largest absolute Gasteiger partial charge is 0.416 e. The number of nitrogens with zero attached hydrogens (tertiary/aromatic N) is 2. The van der Waals surface area contributed by atoms with Crippen molar-refractivity contribution in [2.24, 2.45) is 0 Å². The molecule has 0 saturated heterocycles. The molecule has 2 heterocycles. The molecule has 0 unspecified atom stereocenters. The smallest absolute Gasteiger partial charge is 0.399 e. The molecule has 3 rings (SSSR count). The van der Waals surface area contributed by atoms with E-state index in [1.165, 1.54) is 17.4 Å². The van der Waals surface area contributed by atoms with E-state index in [9.17, 15) is 13.2 Å². The number of benzene rings is 1. The topological polar surface area (TPSA) is 64.9 Å². The van der Waals surface area contributed by atoms with Gasteiger partial charge in [-0.2, -0.15) is 18.2 Å². The summed E-state index contributed by atoms with van der Waals surface area (Å²) in [5, 5.41) is 5.60. The maximum atomic E-state index is 12.8. The van der Waals surface area contributed by atoms with E-state index in [2.05, 4.69) is 10.1 Å². The van der Waals surface area contributed by atoms with Crippen molar-refractivity contribution in [2.75, 3.05) is 5.73 Å². The van der Waals surface area contributed by atoms with Crippen molar-refractivity contribution in [3.8, 4) is 22.2 Å². The third-order valence-electron chi connectivity index (χ3n) is 2.70. The maximum Gasteiger partial charge on any atom is 0.416 e. The lowest BCUT2D eigenvalue weighted by Crippen LogP contribution is -2.06. The Morgan fingerprint density at radius 1 is 1.19 bits per heavy atom. The number of thiophene rings is 1. The van der Waals surface area contributed by atoms with Gasteiger partial charge in [0.1, 0.15) is 0 Å². The second-order valence-electron chi connectivity index (χ2n) is 4.24. The van der Waals surface area contributed by atoms with Gasteiger partial charge in [-0.25, -0.2) is 0 Å². The lowest BCUT2D eigenvalue weighted by molar-refractivity contribution is -0.137. The van der Waals surface area contributed by atoms with Crippen LogP contribution in [-0.2, 0) is 6.18 Å². The normalized spacial score (nSPS) is 11.8. The van der Waals surface area contributed by atoms with Gasteiger partial charge in [-0.05, 0) is 29.6 Å². The maximum absolute atomic E-state index is 12.8. The van der Waals surface area contributed by atoms with Gasteiger partial charge in [-0.3, -0.25) is 0 Å². The van der Waals surface area contributed by atoms with Crippen LogP contribution >= 0.6 is 11.3 Å². The minimum absolute atomic E-state index is 0.00352. The highest BCUT2D eigenvalue weighted by atomic mass is 32.1.